The van der Waals surface area contributed by atoms with Crippen LogP contribution in [0.1, 0.15) is 23.1 Å². The van der Waals surface area contributed by atoms with Crippen LogP contribution in [0.15, 0.2) is 96.6 Å². The van der Waals surface area contributed by atoms with E-state index in [0.29, 0.717) is 6.42 Å². The fourth-order valence-electron chi connectivity index (χ4n) is 4.65. The van der Waals surface area contributed by atoms with Gasteiger partial charge in [0.2, 0.25) is 0 Å². The first-order valence-corrected chi connectivity index (χ1v) is 9.75. The fraction of sp³-hybridized carbons (Fsp3) is 0.111. The van der Waals surface area contributed by atoms with E-state index < -0.39 is 11.5 Å². The molecule has 5 rings (SSSR count). The summed E-state index contributed by atoms with van der Waals surface area (Å²) in [7, 11) is 0. The van der Waals surface area contributed by atoms with Gasteiger partial charge >= 0.3 is 0 Å². The predicted molar refractivity (Wildman–Crippen MR) is 115 cm³/mol. The number of fused-ring (bicyclic) bond motifs is 3. The molecule has 0 aliphatic heterocycles. The summed E-state index contributed by atoms with van der Waals surface area (Å²) < 4.78 is 0. The second kappa shape index (κ2) is 6.81. The molecule has 0 saturated heterocycles. The van der Waals surface area contributed by atoms with E-state index in [1.54, 1.807) is 18.2 Å². The lowest BCUT2D eigenvalue weighted by atomic mass is 9.66. The average molecular weight is 376 g/mol. The summed E-state index contributed by atoms with van der Waals surface area (Å²) in [6.07, 6.45) is 5.71. The van der Waals surface area contributed by atoms with Gasteiger partial charge in [0, 0.05) is 6.42 Å². The van der Waals surface area contributed by atoms with Crippen molar-refractivity contribution < 1.29 is 10.2 Å². The number of aliphatic hydroxyl groups is 1. The number of phenolic OH excluding ortho intramolecular Hbond substituents is 1. The maximum Gasteiger partial charge on any atom is 0.133 e. The van der Waals surface area contributed by atoms with Gasteiger partial charge in [0.25, 0.3) is 0 Å². The maximum absolute atomic E-state index is 10.1. The largest absolute Gasteiger partial charge is 0.508 e. The van der Waals surface area contributed by atoms with E-state index in [4.69, 9.17) is 0 Å². The lowest BCUT2D eigenvalue weighted by Gasteiger charge is -2.35. The lowest BCUT2D eigenvalue weighted by molar-refractivity contribution is 0.280. The minimum atomic E-state index is -0.776. The van der Waals surface area contributed by atoms with E-state index in [1.807, 2.05) is 18.2 Å². The average Bonchev–Trinajstić information content (AvgIpc) is 3.03. The van der Waals surface area contributed by atoms with Crippen LogP contribution >= 0.6 is 0 Å². The Kier molecular flexibility index (Phi) is 4.12. The zero-order valence-corrected chi connectivity index (χ0v) is 15.8. The molecule has 3 aromatic carbocycles. The number of aromatic hydroxyl groups is 1. The van der Waals surface area contributed by atoms with Gasteiger partial charge in [0.1, 0.15) is 11.9 Å². The topological polar surface area (TPSA) is 40.5 Å². The molecule has 29 heavy (non-hydrogen) atoms. The Labute approximate surface area is 170 Å². The third-order valence-corrected chi connectivity index (χ3v) is 5.82. The van der Waals surface area contributed by atoms with Crippen molar-refractivity contribution >= 4 is 0 Å². The van der Waals surface area contributed by atoms with Crippen LogP contribution in [-0.2, 0) is 5.41 Å². The summed E-state index contributed by atoms with van der Waals surface area (Å²) in [5.41, 5.74) is 6.44. The summed E-state index contributed by atoms with van der Waals surface area (Å²) in [6, 6.07) is 24.4. The van der Waals surface area contributed by atoms with Gasteiger partial charge in [0.15, 0.2) is 0 Å². The first-order chi connectivity index (χ1) is 14.2. The Morgan fingerprint density at radius 1 is 0.828 bits per heavy atom. The zero-order chi connectivity index (χ0) is 19.8. The molecular formula is C27H20O2. The highest BCUT2D eigenvalue weighted by molar-refractivity contribution is 5.86. The second-order valence-corrected chi connectivity index (χ2v) is 7.38. The second-order valence-electron chi connectivity index (χ2n) is 7.38. The molecule has 0 fully saturated rings. The molecule has 0 heterocycles. The third-order valence-electron chi connectivity index (χ3n) is 5.82. The normalized spacial score (nSPS) is 18.5. The number of phenols is 1. The molecule has 0 radical (unpaired) electrons. The number of aliphatic hydroxyl groups excluding tert-OH is 1. The smallest absolute Gasteiger partial charge is 0.133 e. The summed E-state index contributed by atoms with van der Waals surface area (Å²) in [6.45, 7) is 0. The Balaban J connectivity index is 1.90. The van der Waals surface area contributed by atoms with Crippen LogP contribution in [0.3, 0.4) is 0 Å². The van der Waals surface area contributed by atoms with Gasteiger partial charge in [0.05, 0.1) is 5.41 Å². The number of hydrogen-bond donors (Lipinski definition) is 2. The minimum Gasteiger partial charge on any atom is -0.508 e. The molecule has 140 valence electrons. The van der Waals surface area contributed by atoms with Gasteiger partial charge in [-0.3, -0.25) is 0 Å². The Hall–Kier alpha value is -3.54. The summed E-state index contributed by atoms with van der Waals surface area (Å²) >= 11 is 0. The number of allylic oxidation sites excluding steroid dienone is 3. The highest BCUT2D eigenvalue weighted by Gasteiger charge is 2.46. The monoisotopic (exact) mass is 376 g/mol. The molecule has 2 aliphatic carbocycles. The van der Waals surface area contributed by atoms with Crippen LogP contribution in [0.2, 0.25) is 0 Å². The highest BCUT2D eigenvalue weighted by atomic mass is 16.3. The number of benzene rings is 3. The lowest BCUT2D eigenvalue weighted by Crippen LogP contribution is -2.29. The van der Waals surface area contributed by atoms with Crippen molar-refractivity contribution in [1.82, 2.24) is 0 Å². The van der Waals surface area contributed by atoms with E-state index in [9.17, 15) is 10.2 Å². The molecule has 3 aromatic rings. The molecule has 2 N–H and O–H groups in total. The fourth-order valence-corrected chi connectivity index (χ4v) is 4.65. The number of hydrogen-bond acceptors (Lipinski definition) is 2. The van der Waals surface area contributed by atoms with Crippen molar-refractivity contribution in [2.45, 2.75) is 17.9 Å². The van der Waals surface area contributed by atoms with E-state index in [-0.39, 0.29) is 5.75 Å². The van der Waals surface area contributed by atoms with Crippen molar-refractivity contribution in [3.8, 4) is 28.7 Å². The van der Waals surface area contributed by atoms with Gasteiger partial charge in [-0.2, -0.15) is 0 Å². The van der Waals surface area contributed by atoms with E-state index in [2.05, 4.69) is 66.4 Å². The zero-order valence-electron chi connectivity index (χ0n) is 15.8. The van der Waals surface area contributed by atoms with Crippen LogP contribution in [0.4, 0.5) is 0 Å². The Morgan fingerprint density at radius 3 is 2.10 bits per heavy atom. The van der Waals surface area contributed by atoms with E-state index in [0.717, 1.165) is 11.1 Å². The number of rotatable bonds is 2. The van der Waals surface area contributed by atoms with Gasteiger partial charge in [-0.15, -0.1) is 0 Å². The summed E-state index contributed by atoms with van der Waals surface area (Å²) in [5.74, 6) is 6.13. The third kappa shape index (κ3) is 2.63. The van der Waals surface area contributed by atoms with Gasteiger partial charge in [-0.05, 0) is 51.6 Å². The molecule has 0 saturated carbocycles. The van der Waals surface area contributed by atoms with Crippen molar-refractivity contribution in [2.75, 3.05) is 0 Å². The molecule has 1 atom stereocenters. The van der Waals surface area contributed by atoms with Crippen molar-refractivity contribution in [2.24, 2.45) is 0 Å². The maximum atomic E-state index is 10.1. The summed E-state index contributed by atoms with van der Waals surface area (Å²) in [4.78, 5) is 0. The predicted octanol–water partition coefficient (Wildman–Crippen LogP) is 4.96. The SMILES string of the molecule is Oc1ccc(C2(C3=CCC#CC(O)C=C3)c3ccccc3-c3ccccc32)cc1. The van der Waals surface area contributed by atoms with Crippen molar-refractivity contribution in [3.63, 3.8) is 0 Å². The standard InChI is InChI=1S/C27H20O2/c28-21-8-2-1-7-19(13-16-21)27(20-14-17-22(29)18-15-20)25-11-5-3-9-23(25)24-10-4-6-12-26(24)27/h3-7,9-18,21,28-29H,1H2. The van der Waals surface area contributed by atoms with Crippen LogP contribution in [-0.4, -0.2) is 16.3 Å². The molecule has 0 aromatic heterocycles. The molecule has 0 bridgehead atoms. The molecular weight excluding hydrogens is 356 g/mol. The van der Waals surface area contributed by atoms with Crippen LogP contribution in [0.25, 0.3) is 11.1 Å². The Bertz CT molecular complexity index is 1160. The van der Waals surface area contributed by atoms with Crippen LogP contribution in [0.5, 0.6) is 5.75 Å². The summed E-state index contributed by atoms with van der Waals surface area (Å²) in [5, 5.41) is 20.1. The highest BCUT2D eigenvalue weighted by Crippen LogP contribution is 2.56. The molecule has 1 unspecified atom stereocenters. The first kappa shape index (κ1) is 17.6. The van der Waals surface area contributed by atoms with Crippen LogP contribution < -0.4 is 0 Å². The minimum absolute atomic E-state index is 0.243. The van der Waals surface area contributed by atoms with Crippen LogP contribution in [0, 0.1) is 11.8 Å². The Morgan fingerprint density at radius 2 is 1.45 bits per heavy atom. The van der Waals surface area contributed by atoms with Gasteiger partial charge in [-0.1, -0.05) is 84.7 Å². The molecule has 0 spiro atoms. The van der Waals surface area contributed by atoms with Crippen molar-refractivity contribution in [1.29, 1.82) is 0 Å². The van der Waals surface area contributed by atoms with E-state index >= 15 is 0 Å². The molecule has 2 nitrogen and oxygen atoms in total. The van der Waals surface area contributed by atoms with Gasteiger partial charge < -0.3 is 10.2 Å². The molecule has 2 heteroatoms. The van der Waals surface area contributed by atoms with Gasteiger partial charge in [-0.25, -0.2) is 0 Å². The molecule has 2 aliphatic rings. The quantitative estimate of drug-likeness (QED) is 0.621. The van der Waals surface area contributed by atoms with E-state index in [1.165, 1.54) is 22.3 Å². The molecule has 0 amide bonds. The first-order valence-electron chi connectivity index (χ1n) is 9.75. The van der Waals surface area contributed by atoms with Crippen molar-refractivity contribution in [3.05, 3.63) is 113 Å².